The molecule has 1 aliphatic heterocycles. The van der Waals surface area contributed by atoms with Crippen molar-refractivity contribution in [3.63, 3.8) is 0 Å². The summed E-state index contributed by atoms with van der Waals surface area (Å²) in [5.74, 6) is 2.03. The van der Waals surface area contributed by atoms with Crippen molar-refractivity contribution in [2.24, 2.45) is 0 Å². The maximum Gasteiger partial charge on any atom is 0.181 e. The second-order valence-corrected chi connectivity index (χ2v) is 8.34. The van der Waals surface area contributed by atoms with Gasteiger partial charge in [0.05, 0.1) is 12.6 Å². The van der Waals surface area contributed by atoms with Crippen LogP contribution in [0.2, 0.25) is 0 Å². The number of hydrogen-bond acceptors (Lipinski definition) is 3. The first-order valence-corrected chi connectivity index (χ1v) is 9.29. The first-order chi connectivity index (χ1) is 11.5. The maximum absolute atomic E-state index is 4.91. The molecule has 0 unspecified atom stereocenters. The van der Waals surface area contributed by atoms with Gasteiger partial charge in [-0.05, 0) is 49.8 Å². The van der Waals surface area contributed by atoms with Gasteiger partial charge in [-0.2, -0.15) is 5.10 Å². The Balaban J connectivity index is 1.60. The largest absolute Gasteiger partial charge is 0.296 e. The van der Waals surface area contributed by atoms with Gasteiger partial charge in [0.15, 0.2) is 5.82 Å². The second-order valence-electron chi connectivity index (χ2n) is 8.34. The van der Waals surface area contributed by atoms with E-state index in [1.54, 1.807) is 0 Å². The second kappa shape index (κ2) is 5.99. The third-order valence-electron chi connectivity index (χ3n) is 5.17. The smallest absolute Gasteiger partial charge is 0.181 e. The highest BCUT2D eigenvalue weighted by Crippen LogP contribution is 2.36. The minimum atomic E-state index is 0.181. The molecule has 0 spiro atoms. The van der Waals surface area contributed by atoms with Crippen molar-refractivity contribution < 1.29 is 0 Å². The lowest BCUT2D eigenvalue weighted by Crippen LogP contribution is -2.21. The molecule has 0 atom stereocenters. The van der Waals surface area contributed by atoms with Gasteiger partial charge in [0.25, 0.3) is 0 Å². The zero-order valence-electron chi connectivity index (χ0n) is 15.1. The molecule has 1 aromatic carbocycles. The topological polar surface area (TPSA) is 34.0 Å². The molecule has 4 nitrogen and oxygen atoms in total. The molecule has 4 heteroatoms. The van der Waals surface area contributed by atoms with E-state index in [9.17, 15) is 0 Å². The zero-order valence-corrected chi connectivity index (χ0v) is 15.1. The number of likely N-dealkylation sites (tertiary alicyclic amines) is 1. The van der Waals surface area contributed by atoms with E-state index >= 15 is 0 Å². The molecule has 1 saturated heterocycles. The number of hydrogen-bond donors (Lipinski definition) is 0. The molecule has 0 radical (unpaired) electrons. The number of benzene rings is 1. The van der Waals surface area contributed by atoms with Gasteiger partial charge in [-0.15, -0.1) is 0 Å². The lowest BCUT2D eigenvalue weighted by Gasteiger charge is -2.18. The molecule has 2 aliphatic rings. The third kappa shape index (κ3) is 3.25. The van der Waals surface area contributed by atoms with Gasteiger partial charge in [0, 0.05) is 5.56 Å². The SMILES string of the molecule is CC(C)(C)c1ccc(-c2nc(CN3CCCC3)n(C3CC3)n2)cc1. The normalized spacial score (nSPS) is 19.1. The minimum Gasteiger partial charge on any atom is -0.296 e. The van der Waals surface area contributed by atoms with Crippen molar-refractivity contribution in [1.82, 2.24) is 19.7 Å². The zero-order chi connectivity index (χ0) is 16.7. The Kier molecular flexibility index (Phi) is 3.95. The molecule has 2 aromatic rings. The molecule has 2 heterocycles. The van der Waals surface area contributed by atoms with E-state index < -0.39 is 0 Å². The molecule has 0 amide bonds. The van der Waals surface area contributed by atoms with Gasteiger partial charge in [-0.1, -0.05) is 45.0 Å². The average molecular weight is 324 g/mol. The molecular weight excluding hydrogens is 296 g/mol. The summed E-state index contributed by atoms with van der Waals surface area (Å²) in [4.78, 5) is 7.42. The van der Waals surface area contributed by atoms with Gasteiger partial charge in [-0.3, -0.25) is 4.90 Å². The number of nitrogens with zero attached hydrogens (tertiary/aromatic N) is 4. The van der Waals surface area contributed by atoms with Gasteiger partial charge < -0.3 is 0 Å². The van der Waals surface area contributed by atoms with Crippen molar-refractivity contribution in [3.8, 4) is 11.4 Å². The van der Waals surface area contributed by atoms with Gasteiger partial charge >= 0.3 is 0 Å². The van der Waals surface area contributed by atoms with E-state index in [4.69, 9.17) is 10.1 Å². The molecule has 1 aliphatic carbocycles. The van der Waals surface area contributed by atoms with Crippen LogP contribution in [0.5, 0.6) is 0 Å². The van der Waals surface area contributed by atoms with Gasteiger partial charge in [0.1, 0.15) is 5.82 Å². The summed E-state index contributed by atoms with van der Waals surface area (Å²) in [5.41, 5.74) is 2.66. The van der Waals surface area contributed by atoms with Crippen LogP contribution in [0.15, 0.2) is 24.3 Å². The minimum absolute atomic E-state index is 0.181. The highest BCUT2D eigenvalue weighted by Gasteiger charge is 2.29. The molecule has 128 valence electrons. The fourth-order valence-corrected chi connectivity index (χ4v) is 3.46. The Morgan fingerprint density at radius 2 is 1.71 bits per heavy atom. The lowest BCUT2D eigenvalue weighted by molar-refractivity contribution is 0.313. The monoisotopic (exact) mass is 324 g/mol. The predicted molar refractivity (Wildman–Crippen MR) is 96.9 cm³/mol. The van der Waals surface area contributed by atoms with Crippen LogP contribution in [0.1, 0.15) is 63.9 Å². The third-order valence-corrected chi connectivity index (χ3v) is 5.17. The van der Waals surface area contributed by atoms with E-state index in [0.717, 1.165) is 23.8 Å². The fourth-order valence-electron chi connectivity index (χ4n) is 3.46. The van der Waals surface area contributed by atoms with Crippen molar-refractivity contribution in [1.29, 1.82) is 0 Å². The summed E-state index contributed by atoms with van der Waals surface area (Å²) in [5, 5.41) is 4.86. The quantitative estimate of drug-likeness (QED) is 0.846. The van der Waals surface area contributed by atoms with Crippen LogP contribution >= 0.6 is 0 Å². The molecular formula is C20H28N4. The average Bonchev–Trinajstić information content (AvgIpc) is 3.10. The van der Waals surface area contributed by atoms with Crippen LogP contribution in [0, 0.1) is 0 Å². The summed E-state index contributed by atoms with van der Waals surface area (Å²) in [6, 6.07) is 9.36. The maximum atomic E-state index is 4.91. The summed E-state index contributed by atoms with van der Waals surface area (Å²) in [6.07, 6.45) is 5.13. The molecule has 24 heavy (non-hydrogen) atoms. The lowest BCUT2D eigenvalue weighted by atomic mass is 9.87. The molecule has 1 saturated carbocycles. The summed E-state index contributed by atoms with van der Waals surface area (Å²) >= 11 is 0. The van der Waals surface area contributed by atoms with Crippen molar-refractivity contribution in [3.05, 3.63) is 35.7 Å². The number of aromatic nitrogens is 3. The Bertz CT molecular complexity index is 698. The van der Waals surface area contributed by atoms with Crippen molar-refractivity contribution in [2.75, 3.05) is 13.1 Å². The van der Waals surface area contributed by atoms with E-state index in [0.29, 0.717) is 6.04 Å². The number of rotatable bonds is 4. The van der Waals surface area contributed by atoms with E-state index in [-0.39, 0.29) is 5.41 Å². The molecule has 0 bridgehead atoms. The van der Waals surface area contributed by atoms with Gasteiger partial charge in [-0.25, -0.2) is 9.67 Å². The molecule has 1 aromatic heterocycles. The van der Waals surface area contributed by atoms with Crippen LogP contribution in [-0.4, -0.2) is 32.8 Å². The first-order valence-electron chi connectivity index (χ1n) is 9.29. The fraction of sp³-hybridized carbons (Fsp3) is 0.600. The first kappa shape index (κ1) is 15.8. The van der Waals surface area contributed by atoms with E-state index in [1.807, 2.05) is 0 Å². The standard InChI is InChI=1S/C20H28N4/c1-20(2,3)16-8-6-15(7-9-16)19-21-18(14-23-12-4-5-13-23)24(22-19)17-10-11-17/h6-9,17H,4-5,10-14H2,1-3H3. The van der Waals surface area contributed by atoms with Crippen LogP contribution < -0.4 is 0 Å². The molecule has 0 N–H and O–H groups in total. The van der Waals surface area contributed by atoms with Gasteiger partial charge in [0.2, 0.25) is 0 Å². The highest BCUT2D eigenvalue weighted by atomic mass is 15.4. The van der Waals surface area contributed by atoms with E-state index in [1.165, 1.54) is 44.3 Å². The Labute approximate surface area is 144 Å². The Morgan fingerprint density at radius 1 is 1.04 bits per heavy atom. The van der Waals surface area contributed by atoms with Crippen molar-refractivity contribution in [2.45, 2.75) is 64.5 Å². The molecule has 2 fully saturated rings. The molecule has 4 rings (SSSR count). The van der Waals surface area contributed by atoms with Crippen LogP contribution in [0.4, 0.5) is 0 Å². The van der Waals surface area contributed by atoms with Crippen molar-refractivity contribution >= 4 is 0 Å². The van der Waals surface area contributed by atoms with Crippen LogP contribution in [0.3, 0.4) is 0 Å². The Hall–Kier alpha value is -1.68. The predicted octanol–water partition coefficient (Wildman–Crippen LogP) is 4.17. The van der Waals surface area contributed by atoms with E-state index in [2.05, 4.69) is 54.6 Å². The summed E-state index contributed by atoms with van der Waals surface area (Å²) in [6.45, 7) is 10.1. The van der Waals surface area contributed by atoms with Crippen LogP contribution in [-0.2, 0) is 12.0 Å². The Morgan fingerprint density at radius 3 is 2.29 bits per heavy atom. The van der Waals surface area contributed by atoms with Crippen LogP contribution in [0.25, 0.3) is 11.4 Å². The highest BCUT2D eigenvalue weighted by molar-refractivity contribution is 5.55. The summed E-state index contributed by atoms with van der Waals surface area (Å²) < 4.78 is 2.20. The summed E-state index contributed by atoms with van der Waals surface area (Å²) in [7, 11) is 0.